The van der Waals surface area contributed by atoms with E-state index in [2.05, 4.69) is 22.3 Å². The Balaban J connectivity index is 1.64. The molecule has 0 aliphatic carbocycles. The molecule has 3 heterocycles. The van der Waals surface area contributed by atoms with Crippen molar-refractivity contribution >= 4 is 11.6 Å². The van der Waals surface area contributed by atoms with Gasteiger partial charge in [0.1, 0.15) is 11.3 Å². The predicted octanol–water partition coefficient (Wildman–Crippen LogP) is 2.38. The summed E-state index contributed by atoms with van der Waals surface area (Å²) in [6.45, 7) is 3.61. The van der Waals surface area contributed by atoms with E-state index in [9.17, 15) is 0 Å². The first-order chi connectivity index (χ1) is 11.1. The molecule has 1 saturated heterocycles. The summed E-state index contributed by atoms with van der Waals surface area (Å²) in [7, 11) is 3.89. The van der Waals surface area contributed by atoms with Gasteiger partial charge in [0.2, 0.25) is 0 Å². The van der Waals surface area contributed by atoms with Gasteiger partial charge in [-0.15, -0.1) is 0 Å². The second-order valence-electron chi connectivity index (χ2n) is 6.08. The fourth-order valence-corrected chi connectivity index (χ4v) is 3.38. The standard InChI is InChI=1S/C16H24ClN5O/c1-4-13-12(16(17)22(3)20-13)8-19-11-5-6-23-15(7-11)14-9-18-10-21(14)2/h9-11,15,19H,4-8H2,1-3H3/t11-,15-/m1/s1. The highest BCUT2D eigenvalue weighted by molar-refractivity contribution is 6.30. The summed E-state index contributed by atoms with van der Waals surface area (Å²) < 4.78 is 9.69. The predicted molar refractivity (Wildman–Crippen MR) is 89.4 cm³/mol. The van der Waals surface area contributed by atoms with Crippen LogP contribution in [0.2, 0.25) is 5.15 Å². The molecule has 0 bridgehead atoms. The van der Waals surface area contributed by atoms with E-state index in [0.29, 0.717) is 6.04 Å². The molecule has 0 saturated carbocycles. The summed E-state index contributed by atoms with van der Waals surface area (Å²) in [5.41, 5.74) is 3.31. The van der Waals surface area contributed by atoms with E-state index in [1.807, 2.05) is 31.2 Å². The Morgan fingerprint density at radius 3 is 2.96 bits per heavy atom. The molecule has 7 heteroatoms. The number of aryl methyl sites for hydroxylation is 3. The average molecular weight is 338 g/mol. The van der Waals surface area contributed by atoms with Gasteiger partial charge in [0.15, 0.2) is 0 Å². The van der Waals surface area contributed by atoms with E-state index in [-0.39, 0.29) is 6.10 Å². The maximum Gasteiger partial charge on any atom is 0.131 e. The Morgan fingerprint density at radius 2 is 2.26 bits per heavy atom. The number of aromatic nitrogens is 4. The third-order valence-electron chi connectivity index (χ3n) is 4.52. The molecule has 1 aliphatic heterocycles. The van der Waals surface area contributed by atoms with Crippen molar-refractivity contribution in [3.63, 3.8) is 0 Å². The molecular formula is C16H24ClN5O. The van der Waals surface area contributed by atoms with Crippen LogP contribution in [-0.4, -0.2) is 32.0 Å². The van der Waals surface area contributed by atoms with Crippen LogP contribution in [0.5, 0.6) is 0 Å². The molecule has 0 aromatic carbocycles. The van der Waals surface area contributed by atoms with Crippen molar-refractivity contribution in [2.45, 2.75) is 44.9 Å². The topological polar surface area (TPSA) is 56.9 Å². The summed E-state index contributed by atoms with van der Waals surface area (Å²) in [4.78, 5) is 4.19. The lowest BCUT2D eigenvalue weighted by atomic mass is 10.0. The van der Waals surface area contributed by atoms with Crippen LogP contribution in [0.3, 0.4) is 0 Å². The van der Waals surface area contributed by atoms with Crippen LogP contribution in [-0.2, 0) is 31.8 Å². The van der Waals surface area contributed by atoms with E-state index >= 15 is 0 Å². The summed E-state index contributed by atoms with van der Waals surface area (Å²) in [5, 5.41) is 8.83. The number of nitrogens with zero attached hydrogens (tertiary/aromatic N) is 4. The minimum atomic E-state index is 0.101. The van der Waals surface area contributed by atoms with Crippen LogP contribution in [0.4, 0.5) is 0 Å². The van der Waals surface area contributed by atoms with Crippen molar-refractivity contribution in [1.82, 2.24) is 24.6 Å². The molecule has 1 aliphatic rings. The smallest absolute Gasteiger partial charge is 0.131 e. The van der Waals surface area contributed by atoms with Gasteiger partial charge in [-0.25, -0.2) is 4.98 Å². The van der Waals surface area contributed by atoms with Gasteiger partial charge < -0.3 is 14.6 Å². The van der Waals surface area contributed by atoms with Gasteiger partial charge in [0.25, 0.3) is 0 Å². The quantitative estimate of drug-likeness (QED) is 0.910. The van der Waals surface area contributed by atoms with Crippen LogP contribution in [0, 0.1) is 0 Å². The Hall–Kier alpha value is -1.37. The molecule has 2 atom stereocenters. The number of hydrogen-bond donors (Lipinski definition) is 1. The Kier molecular flexibility index (Phi) is 5.04. The molecule has 6 nitrogen and oxygen atoms in total. The molecule has 126 valence electrons. The van der Waals surface area contributed by atoms with Crippen molar-refractivity contribution in [2.75, 3.05) is 6.61 Å². The maximum atomic E-state index is 6.37. The monoisotopic (exact) mass is 337 g/mol. The highest BCUT2D eigenvalue weighted by atomic mass is 35.5. The Bertz CT molecular complexity index is 665. The van der Waals surface area contributed by atoms with Gasteiger partial charge in [0.05, 0.1) is 23.9 Å². The van der Waals surface area contributed by atoms with E-state index in [1.165, 1.54) is 0 Å². The lowest BCUT2D eigenvalue weighted by molar-refractivity contribution is -0.00404. The van der Waals surface area contributed by atoms with Crippen LogP contribution < -0.4 is 5.32 Å². The second kappa shape index (κ2) is 7.03. The number of ether oxygens (including phenoxy) is 1. The molecule has 2 aromatic rings. The molecule has 0 spiro atoms. The molecule has 23 heavy (non-hydrogen) atoms. The fraction of sp³-hybridized carbons (Fsp3) is 0.625. The van der Waals surface area contributed by atoms with Crippen LogP contribution >= 0.6 is 11.6 Å². The van der Waals surface area contributed by atoms with Gasteiger partial charge in [-0.3, -0.25) is 4.68 Å². The van der Waals surface area contributed by atoms with E-state index in [1.54, 1.807) is 4.68 Å². The summed E-state index contributed by atoms with van der Waals surface area (Å²) >= 11 is 6.37. The minimum Gasteiger partial charge on any atom is -0.372 e. The lowest BCUT2D eigenvalue weighted by Crippen LogP contribution is -2.36. The Morgan fingerprint density at radius 1 is 1.43 bits per heavy atom. The Labute approximate surface area is 141 Å². The largest absolute Gasteiger partial charge is 0.372 e. The summed E-state index contributed by atoms with van der Waals surface area (Å²) in [6, 6.07) is 0.407. The molecular weight excluding hydrogens is 314 g/mol. The maximum absolute atomic E-state index is 6.37. The van der Waals surface area contributed by atoms with Gasteiger partial charge in [-0.1, -0.05) is 18.5 Å². The normalized spacial score (nSPS) is 21.7. The van der Waals surface area contributed by atoms with E-state index in [4.69, 9.17) is 16.3 Å². The number of halogens is 1. The second-order valence-corrected chi connectivity index (χ2v) is 6.44. The first-order valence-electron chi connectivity index (χ1n) is 8.11. The molecule has 0 amide bonds. The number of nitrogens with one attached hydrogen (secondary N) is 1. The molecule has 2 aromatic heterocycles. The third kappa shape index (κ3) is 3.44. The zero-order valence-corrected chi connectivity index (χ0v) is 14.7. The van der Waals surface area contributed by atoms with Crippen LogP contribution in [0.1, 0.15) is 42.8 Å². The van der Waals surface area contributed by atoms with Crippen molar-refractivity contribution in [3.05, 3.63) is 34.6 Å². The molecule has 1 fully saturated rings. The van der Waals surface area contributed by atoms with Crippen molar-refractivity contribution in [2.24, 2.45) is 14.1 Å². The van der Waals surface area contributed by atoms with Gasteiger partial charge >= 0.3 is 0 Å². The van der Waals surface area contributed by atoms with Gasteiger partial charge in [0, 0.05) is 38.9 Å². The highest BCUT2D eigenvalue weighted by Gasteiger charge is 2.26. The van der Waals surface area contributed by atoms with Gasteiger partial charge in [-0.05, 0) is 19.3 Å². The first-order valence-corrected chi connectivity index (χ1v) is 8.49. The van der Waals surface area contributed by atoms with Crippen LogP contribution in [0.15, 0.2) is 12.5 Å². The van der Waals surface area contributed by atoms with Gasteiger partial charge in [-0.2, -0.15) is 5.10 Å². The van der Waals surface area contributed by atoms with E-state index < -0.39 is 0 Å². The molecule has 0 radical (unpaired) electrons. The third-order valence-corrected chi connectivity index (χ3v) is 5.00. The first kappa shape index (κ1) is 16.5. The number of hydrogen-bond acceptors (Lipinski definition) is 4. The van der Waals surface area contributed by atoms with Crippen molar-refractivity contribution < 1.29 is 4.74 Å². The number of imidazole rings is 1. The fourth-order valence-electron chi connectivity index (χ4n) is 3.17. The van der Waals surface area contributed by atoms with E-state index in [0.717, 1.165) is 54.5 Å². The summed E-state index contributed by atoms with van der Waals surface area (Å²) in [5.74, 6) is 0. The SMILES string of the molecule is CCc1nn(C)c(Cl)c1CN[C@@H]1CCO[C@@H](c2cncn2C)C1. The molecule has 1 N–H and O–H groups in total. The minimum absolute atomic E-state index is 0.101. The highest BCUT2D eigenvalue weighted by Crippen LogP contribution is 2.28. The van der Waals surface area contributed by atoms with Crippen molar-refractivity contribution in [3.8, 4) is 0 Å². The van der Waals surface area contributed by atoms with Crippen molar-refractivity contribution in [1.29, 1.82) is 0 Å². The molecule has 0 unspecified atom stereocenters. The number of rotatable bonds is 5. The zero-order chi connectivity index (χ0) is 16.4. The zero-order valence-electron chi connectivity index (χ0n) is 13.9. The lowest BCUT2D eigenvalue weighted by Gasteiger charge is -2.30. The average Bonchev–Trinajstić information content (AvgIpc) is 3.10. The van der Waals surface area contributed by atoms with Crippen LogP contribution in [0.25, 0.3) is 0 Å². The summed E-state index contributed by atoms with van der Waals surface area (Å²) in [6.07, 6.45) is 6.65. The molecule has 3 rings (SSSR count).